The molecule has 17 heavy (non-hydrogen) atoms. The van der Waals surface area contributed by atoms with Gasteiger partial charge in [-0.1, -0.05) is 0 Å². The first-order valence-corrected chi connectivity index (χ1v) is 4.99. The molecule has 1 aliphatic rings. The summed E-state index contributed by atoms with van der Waals surface area (Å²) in [6.07, 6.45) is 1.74. The predicted octanol–water partition coefficient (Wildman–Crippen LogP) is 1.16. The second-order valence-corrected chi connectivity index (χ2v) is 3.47. The van der Waals surface area contributed by atoms with E-state index in [2.05, 4.69) is 10.5 Å². The van der Waals surface area contributed by atoms with Crippen molar-refractivity contribution in [2.75, 3.05) is 18.6 Å². The molecule has 1 fully saturated rings. The molecule has 0 atom stereocenters. The van der Waals surface area contributed by atoms with Crippen molar-refractivity contribution in [1.29, 1.82) is 0 Å². The number of nitro groups is 1. The summed E-state index contributed by atoms with van der Waals surface area (Å²) < 4.78 is 0. The normalized spacial score (nSPS) is 13.8. The Bertz CT molecular complexity index is 429. The number of nitrogens with one attached hydrogen (secondary N) is 1. The van der Waals surface area contributed by atoms with Gasteiger partial charge in [0, 0.05) is 19.2 Å². The van der Waals surface area contributed by atoms with E-state index in [4.69, 9.17) is 4.84 Å². The van der Waals surface area contributed by atoms with Gasteiger partial charge in [0.25, 0.3) is 0 Å². The van der Waals surface area contributed by atoms with Crippen LogP contribution in [0.15, 0.2) is 18.3 Å². The summed E-state index contributed by atoms with van der Waals surface area (Å²) in [4.78, 5) is 30.9. The lowest BCUT2D eigenvalue weighted by Gasteiger charge is -2.29. The summed E-state index contributed by atoms with van der Waals surface area (Å²) in [7, 11) is 0. The van der Waals surface area contributed by atoms with E-state index < -0.39 is 11.0 Å². The summed E-state index contributed by atoms with van der Waals surface area (Å²) in [6.45, 7) is 1.39. The smallest absolute Gasteiger partial charge is 0.358 e. The molecule has 0 aliphatic carbocycles. The highest BCUT2D eigenvalue weighted by molar-refractivity contribution is 5.69. The third kappa shape index (κ3) is 2.60. The van der Waals surface area contributed by atoms with Crippen molar-refractivity contribution in [2.24, 2.45) is 0 Å². The molecular formula is C9H10N4O4. The first kappa shape index (κ1) is 11.1. The van der Waals surface area contributed by atoms with Gasteiger partial charge in [-0.05, 0) is 22.4 Å². The molecular weight excluding hydrogens is 228 g/mol. The van der Waals surface area contributed by atoms with Crippen LogP contribution in [0, 0.1) is 10.1 Å². The number of pyridine rings is 1. The molecule has 0 saturated carbocycles. The van der Waals surface area contributed by atoms with E-state index in [0.29, 0.717) is 18.8 Å². The molecule has 8 nitrogen and oxygen atoms in total. The number of hydrogen-bond donors (Lipinski definition) is 1. The number of anilines is 1. The molecule has 0 unspecified atom stereocenters. The molecule has 1 amide bonds. The van der Waals surface area contributed by atoms with Crippen molar-refractivity contribution in [1.82, 2.24) is 9.88 Å². The Hall–Kier alpha value is -2.38. The second kappa shape index (κ2) is 4.64. The third-order valence-electron chi connectivity index (χ3n) is 2.31. The van der Waals surface area contributed by atoms with Crippen LogP contribution in [0.3, 0.4) is 0 Å². The van der Waals surface area contributed by atoms with Crippen LogP contribution in [0.5, 0.6) is 0 Å². The fraction of sp³-hybridized carbons (Fsp3) is 0.333. The average molecular weight is 238 g/mol. The Morgan fingerprint density at radius 3 is 2.76 bits per heavy atom. The van der Waals surface area contributed by atoms with Gasteiger partial charge >= 0.3 is 11.9 Å². The van der Waals surface area contributed by atoms with Gasteiger partial charge < -0.3 is 19.9 Å². The van der Waals surface area contributed by atoms with Crippen LogP contribution in [0.4, 0.5) is 16.3 Å². The maximum atomic E-state index is 11.3. The highest BCUT2D eigenvalue weighted by Crippen LogP contribution is 2.12. The van der Waals surface area contributed by atoms with Gasteiger partial charge in [-0.15, -0.1) is 0 Å². The van der Waals surface area contributed by atoms with Crippen molar-refractivity contribution in [2.45, 2.75) is 6.42 Å². The summed E-state index contributed by atoms with van der Waals surface area (Å²) >= 11 is 0. The molecule has 1 aliphatic heterocycles. The van der Waals surface area contributed by atoms with Crippen molar-refractivity contribution in [3.05, 3.63) is 28.4 Å². The highest BCUT2D eigenvalue weighted by Gasteiger charge is 2.21. The molecule has 1 N–H and O–H groups in total. The summed E-state index contributed by atoms with van der Waals surface area (Å²) in [6, 6.07) is 2.63. The van der Waals surface area contributed by atoms with Gasteiger partial charge in [-0.3, -0.25) is 0 Å². The number of carbonyl (C=O) groups excluding carboxylic acids is 1. The molecule has 1 aromatic rings. The maximum absolute atomic E-state index is 11.3. The molecule has 0 aromatic carbocycles. The van der Waals surface area contributed by atoms with Crippen LogP contribution in [0.1, 0.15) is 6.42 Å². The van der Waals surface area contributed by atoms with E-state index in [1.165, 1.54) is 23.2 Å². The Morgan fingerprint density at radius 2 is 2.29 bits per heavy atom. The predicted molar refractivity (Wildman–Crippen MR) is 57.2 cm³/mol. The Kier molecular flexibility index (Phi) is 3.03. The first-order chi connectivity index (χ1) is 8.16. The Morgan fingerprint density at radius 1 is 1.53 bits per heavy atom. The minimum Gasteiger partial charge on any atom is -0.358 e. The van der Waals surface area contributed by atoms with E-state index in [0.717, 1.165) is 6.42 Å². The topological polar surface area (TPSA) is 97.6 Å². The van der Waals surface area contributed by atoms with Gasteiger partial charge in [-0.25, -0.2) is 10.3 Å². The lowest BCUT2D eigenvalue weighted by molar-refractivity contribution is -0.389. The van der Waals surface area contributed by atoms with Crippen LogP contribution in [0.2, 0.25) is 0 Å². The van der Waals surface area contributed by atoms with Crippen molar-refractivity contribution in [3.8, 4) is 0 Å². The van der Waals surface area contributed by atoms with Crippen molar-refractivity contribution in [3.63, 3.8) is 0 Å². The summed E-state index contributed by atoms with van der Waals surface area (Å²) in [5.74, 6) is -0.260. The van der Waals surface area contributed by atoms with Crippen LogP contribution >= 0.6 is 0 Å². The number of likely N-dealkylation sites (tertiary alicyclic amines) is 1. The van der Waals surface area contributed by atoms with Gasteiger partial charge in [-0.2, -0.15) is 0 Å². The quantitative estimate of drug-likeness (QED) is 0.626. The lowest BCUT2D eigenvalue weighted by Crippen LogP contribution is -2.43. The van der Waals surface area contributed by atoms with Gasteiger partial charge in [0.15, 0.2) is 6.20 Å². The van der Waals surface area contributed by atoms with Crippen molar-refractivity contribution >= 4 is 17.6 Å². The van der Waals surface area contributed by atoms with E-state index >= 15 is 0 Å². The van der Waals surface area contributed by atoms with E-state index in [-0.39, 0.29) is 5.82 Å². The van der Waals surface area contributed by atoms with Gasteiger partial charge in [0.1, 0.15) is 5.69 Å². The molecule has 2 rings (SSSR count). The number of carbonyl (C=O) groups is 1. The summed E-state index contributed by atoms with van der Waals surface area (Å²) in [5.41, 5.74) is 2.76. The van der Waals surface area contributed by atoms with Gasteiger partial charge in [0.2, 0.25) is 0 Å². The average Bonchev–Trinajstić information content (AvgIpc) is 2.24. The zero-order valence-corrected chi connectivity index (χ0v) is 8.83. The molecule has 0 radical (unpaired) electrons. The molecule has 90 valence electrons. The molecule has 0 spiro atoms. The van der Waals surface area contributed by atoms with E-state index in [1.54, 1.807) is 0 Å². The standard InChI is InChI=1S/C9H10N4O4/c14-9(12-4-1-5-12)17-11-7-2-3-8(10-6-7)13(15)16/h2-3,6,11H,1,4-5H2. The van der Waals surface area contributed by atoms with Gasteiger partial charge in [0.05, 0.1) is 0 Å². The molecule has 1 saturated heterocycles. The monoisotopic (exact) mass is 238 g/mol. The number of rotatable bonds is 3. The zero-order valence-electron chi connectivity index (χ0n) is 8.83. The molecule has 0 bridgehead atoms. The Balaban J connectivity index is 1.86. The largest absolute Gasteiger partial charge is 0.434 e. The first-order valence-electron chi connectivity index (χ1n) is 4.99. The molecule has 2 heterocycles. The van der Waals surface area contributed by atoms with E-state index in [1.807, 2.05) is 0 Å². The Labute approximate surface area is 96.3 Å². The van der Waals surface area contributed by atoms with Crippen LogP contribution in [-0.4, -0.2) is 34.0 Å². The minimum absolute atomic E-state index is 0.260. The van der Waals surface area contributed by atoms with Crippen LogP contribution in [0.25, 0.3) is 0 Å². The number of amides is 1. The lowest BCUT2D eigenvalue weighted by atomic mass is 10.2. The highest BCUT2D eigenvalue weighted by atomic mass is 16.7. The maximum Gasteiger partial charge on any atom is 0.434 e. The third-order valence-corrected chi connectivity index (χ3v) is 2.31. The molecule has 1 aromatic heterocycles. The SMILES string of the molecule is O=C(ONc1ccc([N+](=O)[O-])nc1)N1CCC1. The van der Waals surface area contributed by atoms with E-state index in [9.17, 15) is 14.9 Å². The number of nitrogens with zero attached hydrogens (tertiary/aromatic N) is 3. The number of hydrogen-bond acceptors (Lipinski definition) is 6. The number of aromatic nitrogens is 1. The van der Waals surface area contributed by atoms with Crippen LogP contribution in [-0.2, 0) is 4.84 Å². The van der Waals surface area contributed by atoms with Crippen LogP contribution < -0.4 is 5.48 Å². The molecule has 8 heteroatoms. The minimum atomic E-state index is -0.601. The summed E-state index contributed by atoms with van der Waals surface area (Å²) in [5, 5.41) is 10.3. The fourth-order valence-electron chi connectivity index (χ4n) is 1.22. The van der Waals surface area contributed by atoms with Crippen molar-refractivity contribution < 1.29 is 14.6 Å². The zero-order chi connectivity index (χ0) is 12.3. The second-order valence-electron chi connectivity index (χ2n) is 3.47. The fourth-order valence-corrected chi connectivity index (χ4v) is 1.22.